The first kappa shape index (κ1) is 24.4. The lowest BCUT2D eigenvalue weighted by Crippen LogP contribution is -2.48. The van der Waals surface area contributed by atoms with Crippen molar-refractivity contribution in [2.24, 2.45) is 0 Å². The second kappa shape index (κ2) is 12.6. The van der Waals surface area contributed by atoms with E-state index < -0.39 is 101 Å². The van der Waals surface area contributed by atoms with Gasteiger partial charge in [0.1, 0.15) is 21.0 Å². The third-order valence-corrected chi connectivity index (χ3v) is 4.43. The Kier molecular flexibility index (Phi) is 8.53. The van der Waals surface area contributed by atoms with Gasteiger partial charge in [-0.2, -0.15) is 17.7 Å². The van der Waals surface area contributed by atoms with Crippen molar-refractivity contribution >= 4 is 34.0 Å². The Balaban J connectivity index is 0.000000869. The molecule has 0 amide bonds. The van der Waals surface area contributed by atoms with Gasteiger partial charge < -0.3 is 28.2 Å². The highest BCUT2D eigenvalue weighted by molar-refractivity contribution is 7.86. The van der Waals surface area contributed by atoms with Gasteiger partial charge in [0.15, 0.2) is 28.6 Å². The van der Waals surface area contributed by atoms with Crippen LogP contribution in [0.1, 0.15) is 42.8 Å². The summed E-state index contributed by atoms with van der Waals surface area (Å²) < 4.78 is 118. The summed E-state index contributed by atoms with van der Waals surface area (Å²) in [6, 6.07) is -1.43. The summed E-state index contributed by atoms with van der Waals surface area (Å²) in [5.74, 6) is -3.36. The molecule has 0 radical (unpaired) electrons. The molecule has 4 atom stereocenters. The lowest BCUT2D eigenvalue weighted by atomic mass is 10.1. The number of nitrogens with zero attached hydrogens (tertiary/aromatic N) is 1. The number of rotatable bonds is 6. The van der Waals surface area contributed by atoms with Crippen molar-refractivity contribution in [1.82, 2.24) is 0 Å². The molecule has 0 saturated carbocycles. The summed E-state index contributed by atoms with van der Waals surface area (Å²) in [5, 5.41) is 0. The molecule has 17 heteroatoms. The zero-order chi connectivity index (χ0) is 31.3. The Morgan fingerprint density at radius 1 is 1.11 bits per heavy atom. The Bertz CT molecular complexity index is 1280. The van der Waals surface area contributed by atoms with E-state index in [2.05, 4.69) is 4.74 Å². The van der Waals surface area contributed by atoms with Crippen LogP contribution in [0.25, 0.3) is 0 Å². The molecule has 0 bridgehead atoms. The second-order valence-electron chi connectivity index (χ2n) is 6.63. The van der Waals surface area contributed by atoms with Crippen LogP contribution in [0.3, 0.4) is 0 Å². The predicted octanol–water partition coefficient (Wildman–Crippen LogP) is 0.136. The molecular formula is C19H22F3NO12S. The quantitative estimate of drug-likeness (QED) is 0.154. The predicted molar refractivity (Wildman–Crippen MR) is 105 cm³/mol. The van der Waals surface area contributed by atoms with Gasteiger partial charge in [0.05, 0.1) is 9.85 Å². The molecule has 0 aromatic carbocycles. The third kappa shape index (κ3) is 9.04. The van der Waals surface area contributed by atoms with Crippen LogP contribution < -0.4 is 4.57 Å². The number of alkyl halides is 3. The van der Waals surface area contributed by atoms with E-state index in [4.69, 9.17) is 37.4 Å². The molecule has 1 fully saturated rings. The Hall–Kier alpha value is -3.31. The molecule has 202 valence electrons. The average Bonchev–Trinajstić information content (AvgIpc) is 3.10. The van der Waals surface area contributed by atoms with Crippen molar-refractivity contribution < 1.29 is 79.1 Å². The molecule has 1 aromatic heterocycles. The molecule has 0 unspecified atom stereocenters. The number of ether oxygens (including phenoxy) is 5. The van der Waals surface area contributed by atoms with Crippen LogP contribution in [0.4, 0.5) is 13.2 Å². The fraction of sp³-hybridized carbons (Fsp3) is 0.526. The molecule has 36 heavy (non-hydrogen) atoms. The first-order chi connectivity index (χ1) is 18.1. The second-order valence-corrected chi connectivity index (χ2v) is 8.00. The van der Waals surface area contributed by atoms with Crippen LogP contribution >= 0.6 is 0 Å². The first-order valence-corrected chi connectivity index (χ1v) is 10.8. The smallest absolute Gasteiger partial charge is 0.485 e. The van der Waals surface area contributed by atoms with Crippen LogP contribution in [0, 0.1) is 0 Å². The van der Waals surface area contributed by atoms with Crippen molar-refractivity contribution in [2.75, 3.05) is 13.7 Å². The van der Waals surface area contributed by atoms with Crippen molar-refractivity contribution in [1.29, 1.82) is 0 Å². The van der Waals surface area contributed by atoms with Gasteiger partial charge in [-0.3, -0.25) is 14.4 Å². The highest BCUT2D eigenvalue weighted by atomic mass is 32.2. The van der Waals surface area contributed by atoms with Crippen LogP contribution in [0.2, 0.25) is 0 Å². The van der Waals surface area contributed by atoms with E-state index in [1.165, 1.54) is 0 Å². The van der Waals surface area contributed by atoms with Gasteiger partial charge in [0.2, 0.25) is 6.10 Å². The van der Waals surface area contributed by atoms with Crippen LogP contribution in [0.15, 0.2) is 24.4 Å². The number of esters is 4. The summed E-state index contributed by atoms with van der Waals surface area (Å²) in [6.07, 6.45) is -6.87. The van der Waals surface area contributed by atoms with Crippen molar-refractivity contribution in [3.05, 3.63) is 30.0 Å². The highest BCUT2D eigenvalue weighted by Gasteiger charge is 2.54. The Morgan fingerprint density at radius 2 is 1.64 bits per heavy atom. The fourth-order valence-corrected chi connectivity index (χ4v) is 2.55. The lowest BCUT2D eigenvalue weighted by Gasteiger charge is -2.21. The number of aromatic nitrogens is 1. The van der Waals surface area contributed by atoms with E-state index in [9.17, 15) is 32.3 Å². The van der Waals surface area contributed by atoms with E-state index in [0.29, 0.717) is 0 Å². The monoisotopic (exact) mass is 549 g/mol. The molecule has 1 saturated heterocycles. The van der Waals surface area contributed by atoms with Crippen molar-refractivity contribution in [3.63, 3.8) is 0 Å². The number of carbonyl (C=O) groups excluding carboxylic acids is 4. The van der Waals surface area contributed by atoms with Gasteiger partial charge in [-0.15, -0.1) is 0 Å². The maximum atomic E-state index is 12.1. The normalized spacial score (nSPS) is 23.0. The Morgan fingerprint density at radius 3 is 2.08 bits per heavy atom. The molecular weight excluding hydrogens is 523 g/mol. The lowest BCUT2D eigenvalue weighted by molar-refractivity contribution is -0.765. The van der Waals surface area contributed by atoms with Crippen LogP contribution in [-0.2, 0) is 48.2 Å². The minimum Gasteiger partial charge on any atom is -0.741 e. The van der Waals surface area contributed by atoms with Crippen molar-refractivity contribution in [3.8, 4) is 0 Å². The number of methoxy groups -OCH3 is 1. The van der Waals surface area contributed by atoms with E-state index in [1.807, 2.05) is 0 Å². The fourth-order valence-electron chi connectivity index (χ4n) is 2.55. The molecule has 2 rings (SSSR count). The van der Waals surface area contributed by atoms with Gasteiger partial charge in [0.25, 0.3) is 0 Å². The van der Waals surface area contributed by atoms with E-state index in [0.717, 1.165) is 32.4 Å². The minimum atomic E-state index is -6.09. The zero-order valence-electron chi connectivity index (χ0n) is 22.9. The summed E-state index contributed by atoms with van der Waals surface area (Å²) in [7, 11) is -5.07. The van der Waals surface area contributed by atoms with Gasteiger partial charge in [-0.1, -0.05) is 0 Å². The van der Waals surface area contributed by atoms with Gasteiger partial charge in [0, 0.05) is 26.8 Å². The highest BCUT2D eigenvalue weighted by Crippen LogP contribution is 2.31. The van der Waals surface area contributed by atoms with E-state index in [1.54, 1.807) is 0 Å². The first-order valence-electron chi connectivity index (χ1n) is 11.4. The van der Waals surface area contributed by atoms with Crippen LogP contribution in [-0.4, -0.2) is 74.4 Å². The van der Waals surface area contributed by atoms with Crippen LogP contribution in [0.5, 0.6) is 0 Å². The number of pyridine rings is 1. The molecule has 1 aliphatic rings. The van der Waals surface area contributed by atoms with Gasteiger partial charge in [-0.25, -0.2) is 13.2 Å². The maximum absolute atomic E-state index is 12.1. The maximum Gasteiger partial charge on any atom is 0.485 e. The topological polar surface area (TPSA) is 176 Å². The SMILES string of the molecule is O=S(=O)([O-])C(F)(F)F.[2H]c1c([2H])c([2H])[n+]([C@@H]2O[C@H](COC(C)=O)[C@@H](OC(C)=O)[C@H]2OC(C)=O)c([2H])c1C(=O)OC. The summed E-state index contributed by atoms with van der Waals surface area (Å²) >= 11 is 0. The van der Waals surface area contributed by atoms with E-state index >= 15 is 0 Å². The number of hydrogen-bond acceptors (Lipinski definition) is 12. The van der Waals surface area contributed by atoms with Gasteiger partial charge >= 0.3 is 35.6 Å². The molecule has 0 aliphatic carbocycles. The van der Waals surface area contributed by atoms with Crippen molar-refractivity contribution in [2.45, 2.75) is 50.8 Å². The molecule has 1 aliphatic heterocycles. The molecule has 0 N–H and O–H groups in total. The molecule has 2 heterocycles. The number of hydrogen-bond donors (Lipinski definition) is 0. The number of carbonyl (C=O) groups is 4. The summed E-state index contributed by atoms with van der Waals surface area (Å²) in [5.41, 5.74) is -6.27. The minimum absolute atomic E-state index is 0.420. The average molecular weight is 549 g/mol. The summed E-state index contributed by atoms with van der Waals surface area (Å²) in [4.78, 5) is 46.8. The third-order valence-electron chi connectivity index (χ3n) is 3.86. The molecule has 0 spiro atoms. The van der Waals surface area contributed by atoms with E-state index in [-0.39, 0.29) is 0 Å². The largest absolute Gasteiger partial charge is 0.741 e. The number of halogens is 3. The zero-order valence-corrected chi connectivity index (χ0v) is 19.7. The molecule has 1 aromatic rings. The Labute approximate surface area is 208 Å². The van der Waals surface area contributed by atoms with Gasteiger partial charge in [-0.05, 0) is 6.04 Å². The molecule has 13 nitrogen and oxygen atoms in total. The summed E-state index contributed by atoms with van der Waals surface area (Å²) in [6.45, 7) is 2.87. The standard InChI is InChI=1S/C18H22NO9.CHF3O3S/c1-10(20)25-9-14-15(26-11(2)21)16(27-12(3)22)17(28-14)19-7-5-6-13(8-19)18(23)24-4;2-1(3,4)8(5,6)7/h5-8,14-17H,9H2,1-4H3;(H,5,6,7)/q+1;/p-1/t14-,15-,16-,17-;/m1./s1/i5D,6D,7D,8D;.